The second kappa shape index (κ2) is 6.42. The first-order chi connectivity index (χ1) is 11.1. The zero-order valence-electron chi connectivity index (χ0n) is 12.2. The van der Waals surface area contributed by atoms with Crippen LogP contribution in [-0.4, -0.2) is 119 Å². The zero-order chi connectivity index (χ0) is 18.4. The normalized spacial score (nSPS) is 52.4. The fourth-order valence-electron chi connectivity index (χ4n) is 3.05. The lowest BCUT2D eigenvalue weighted by atomic mass is 9.78. The van der Waals surface area contributed by atoms with Gasteiger partial charge in [-0.2, -0.15) is 0 Å². The van der Waals surface area contributed by atoms with Crippen LogP contribution in [0, 0.1) is 0 Å². The Bertz CT molecular complexity index is 487. The first-order valence-corrected chi connectivity index (χ1v) is 7.00. The molecular formula is C12H20O12. The molecule has 0 aromatic carbocycles. The van der Waals surface area contributed by atoms with Crippen LogP contribution in [0.4, 0.5) is 0 Å². The highest BCUT2D eigenvalue weighted by molar-refractivity contribution is 5.73. The highest BCUT2D eigenvalue weighted by atomic mass is 16.7. The van der Waals surface area contributed by atoms with Crippen molar-refractivity contribution in [2.75, 3.05) is 13.2 Å². The monoisotopic (exact) mass is 356 g/mol. The Morgan fingerprint density at radius 1 is 0.917 bits per heavy atom. The first kappa shape index (κ1) is 19.4. The summed E-state index contributed by atoms with van der Waals surface area (Å²) in [4.78, 5) is 11.1. The SMILES string of the molecule is O=C(O)[C@H]1O[C@@](O)([C@]2(CO)O[C@H](CO)[C@@H](O)[C@@H]2O)[C@H](O)[C@@H](O)[C@H]1O. The van der Waals surface area contributed by atoms with Crippen molar-refractivity contribution in [2.45, 2.75) is 54.1 Å². The lowest BCUT2D eigenvalue weighted by Gasteiger charge is -2.52. The molecule has 12 nitrogen and oxygen atoms in total. The van der Waals surface area contributed by atoms with Crippen LogP contribution in [-0.2, 0) is 14.3 Å². The van der Waals surface area contributed by atoms with Crippen molar-refractivity contribution in [1.29, 1.82) is 0 Å². The number of hydrogen-bond donors (Lipinski definition) is 9. The van der Waals surface area contributed by atoms with Crippen LogP contribution < -0.4 is 0 Å². The summed E-state index contributed by atoms with van der Waals surface area (Å²) in [7, 11) is 0. The van der Waals surface area contributed by atoms with Crippen LogP contribution in [0.15, 0.2) is 0 Å². The molecule has 140 valence electrons. The van der Waals surface area contributed by atoms with Gasteiger partial charge in [-0.25, -0.2) is 4.79 Å². The Hall–Kier alpha value is -0.930. The maximum atomic E-state index is 11.1. The molecule has 0 aromatic heterocycles. The van der Waals surface area contributed by atoms with E-state index >= 15 is 0 Å². The van der Waals surface area contributed by atoms with Gasteiger partial charge in [0.2, 0.25) is 5.79 Å². The first-order valence-electron chi connectivity index (χ1n) is 7.00. The fourth-order valence-corrected chi connectivity index (χ4v) is 3.05. The molecule has 2 saturated heterocycles. The van der Waals surface area contributed by atoms with Gasteiger partial charge >= 0.3 is 5.97 Å². The van der Waals surface area contributed by atoms with E-state index in [0.717, 1.165) is 0 Å². The number of ether oxygens (including phenoxy) is 2. The second-order valence-corrected chi connectivity index (χ2v) is 5.82. The van der Waals surface area contributed by atoms with Gasteiger partial charge in [0.05, 0.1) is 13.2 Å². The van der Waals surface area contributed by atoms with E-state index in [-0.39, 0.29) is 0 Å². The van der Waals surface area contributed by atoms with Gasteiger partial charge in [0.15, 0.2) is 11.7 Å². The summed E-state index contributed by atoms with van der Waals surface area (Å²) in [5.41, 5.74) is -2.70. The number of aliphatic hydroxyl groups is 8. The van der Waals surface area contributed by atoms with Gasteiger partial charge in [-0.3, -0.25) is 0 Å². The molecule has 9 N–H and O–H groups in total. The van der Waals surface area contributed by atoms with Crippen molar-refractivity contribution in [2.24, 2.45) is 0 Å². The van der Waals surface area contributed by atoms with Crippen LogP contribution in [0.2, 0.25) is 0 Å². The van der Waals surface area contributed by atoms with E-state index in [9.17, 15) is 40.5 Å². The van der Waals surface area contributed by atoms with Gasteiger partial charge < -0.3 is 55.4 Å². The van der Waals surface area contributed by atoms with Gasteiger partial charge in [-0.1, -0.05) is 0 Å². The summed E-state index contributed by atoms with van der Waals surface area (Å²) >= 11 is 0. The third-order valence-electron chi connectivity index (χ3n) is 4.50. The molecule has 0 spiro atoms. The summed E-state index contributed by atoms with van der Waals surface area (Å²) < 4.78 is 9.85. The predicted octanol–water partition coefficient (Wildman–Crippen LogP) is -5.91. The van der Waals surface area contributed by atoms with Crippen LogP contribution in [0.5, 0.6) is 0 Å². The molecule has 2 rings (SSSR count). The van der Waals surface area contributed by atoms with Gasteiger partial charge in [-0.15, -0.1) is 0 Å². The van der Waals surface area contributed by atoms with E-state index in [1.165, 1.54) is 0 Å². The number of aliphatic hydroxyl groups excluding tert-OH is 7. The predicted molar refractivity (Wildman–Crippen MR) is 69.3 cm³/mol. The Morgan fingerprint density at radius 3 is 1.92 bits per heavy atom. The molecule has 2 heterocycles. The molecule has 9 atom stereocenters. The molecule has 2 aliphatic heterocycles. The standard InChI is InChI=1S/C12H20O12/c13-1-3-4(15)8(18)11(2-14,23-3)12(22)9(19)6(17)5(16)7(24-12)10(20)21/h3-9,13-19,22H,1-2H2,(H,20,21)/t3-,4-,5-,6+,7+,8+,9-,11-,12-/m1/s1. The molecule has 24 heavy (non-hydrogen) atoms. The zero-order valence-corrected chi connectivity index (χ0v) is 12.2. The molecule has 0 bridgehead atoms. The summed E-state index contributed by atoms with van der Waals surface area (Å²) in [6.07, 6.45) is -14.5. The third-order valence-corrected chi connectivity index (χ3v) is 4.50. The minimum Gasteiger partial charge on any atom is -0.479 e. The molecule has 0 aliphatic carbocycles. The molecule has 0 radical (unpaired) electrons. The number of carboxylic acids is 1. The van der Waals surface area contributed by atoms with Crippen LogP contribution in [0.25, 0.3) is 0 Å². The maximum Gasteiger partial charge on any atom is 0.335 e. The van der Waals surface area contributed by atoms with Crippen LogP contribution in [0.1, 0.15) is 0 Å². The Morgan fingerprint density at radius 2 is 1.50 bits per heavy atom. The van der Waals surface area contributed by atoms with Crippen molar-refractivity contribution in [1.82, 2.24) is 0 Å². The molecule has 2 fully saturated rings. The highest BCUT2D eigenvalue weighted by Crippen LogP contribution is 2.45. The van der Waals surface area contributed by atoms with Crippen molar-refractivity contribution >= 4 is 5.97 Å². The van der Waals surface area contributed by atoms with E-state index in [1.807, 2.05) is 0 Å². The Kier molecular flexibility index (Phi) is 5.19. The molecular weight excluding hydrogens is 336 g/mol. The van der Waals surface area contributed by atoms with Gasteiger partial charge in [0.1, 0.15) is 36.6 Å². The summed E-state index contributed by atoms with van der Waals surface area (Å²) in [5, 5.41) is 87.9. The number of carbonyl (C=O) groups is 1. The number of carboxylic acid groups (broad SMARTS) is 1. The minimum absolute atomic E-state index is 0.848. The average molecular weight is 356 g/mol. The Labute approximate surface area is 134 Å². The average Bonchev–Trinajstić information content (AvgIpc) is 2.81. The summed E-state index contributed by atoms with van der Waals surface area (Å²) in [6, 6.07) is 0. The second-order valence-electron chi connectivity index (χ2n) is 5.82. The fraction of sp³-hybridized carbons (Fsp3) is 0.917. The molecule has 0 saturated carbocycles. The summed E-state index contributed by atoms with van der Waals surface area (Å²) in [5.74, 6) is -5.04. The Balaban J connectivity index is 2.51. The largest absolute Gasteiger partial charge is 0.479 e. The van der Waals surface area contributed by atoms with Gasteiger partial charge in [0.25, 0.3) is 0 Å². The maximum absolute atomic E-state index is 11.1. The van der Waals surface area contributed by atoms with Crippen molar-refractivity contribution < 1.29 is 60.2 Å². The number of aliphatic carboxylic acids is 1. The quantitative estimate of drug-likeness (QED) is 0.230. The number of rotatable bonds is 4. The van der Waals surface area contributed by atoms with E-state index in [1.54, 1.807) is 0 Å². The molecule has 0 unspecified atom stereocenters. The van der Waals surface area contributed by atoms with Gasteiger partial charge in [-0.05, 0) is 0 Å². The van der Waals surface area contributed by atoms with Crippen molar-refractivity contribution in [3.05, 3.63) is 0 Å². The van der Waals surface area contributed by atoms with Crippen LogP contribution in [0.3, 0.4) is 0 Å². The molecule has 0 amide bonds. The van der Waals surface area contributed by atoms with E-state index in [0.29, 0.717) is 0 Å². The minimum atomic E-state index is -3.23. The van der Waals surface area contributed by atoms with E-state index < -0.39 is 73.3 Å². The highest BCUT2D eigenvalue weighted by Gasteiger charge is 2.72. The van der Waals surface area contributed by atoms with E-state index in [2.05, 4.69) is 0 Å². The van der Waals surface area contributed by atoms with Gasteiger partial charge in [0, 0.05) is 0 Å². The lowest BCUT2D eigenvalue weighted by molar-refractivity contribution is -0.409. The summed E-state index contributed by atoms with van der Waals surface area (Å²) in [6.45, 7) is -2.13. The van der Waals surface area contributed by atoms with Crippen LogP contribution >= 0.6 is 0 Å². The smallest absolute Gasteiger partial charge is 0.335 e. The molecule has 12 heteroatoms. The van der Waals surface area contributed by atoms with E-state index in [4.69, 9.17) is 19.7 Å². The third kappa shape index (κ3) is 2.43. The molecule has 0 aromatic rings. The molecule has 2 aliphatic rings. The lowest BCUT2D eigenvalue weighted by Crippen LogP contribution is -2.77. The van der Waals surface area contributed by atoms with Crippen molar-refractivity contribution in [3.63, 3.8) is 0 Å². The number of hydrogen-bond acceptors (Lipinski definition) is 11. The van der Waals surface area contributed by atoms with Crippen molar-refractivity contribution in [3.8, 4) is 0 Å². The topological polar surface area (TPSA) is 218 Å².